The Labute approximate surface area is 227 Å². The Bertz CT molecular complexity index is 1720. The van der Waals surface area contributed by atoms with Crippen molar-refractivity contribution in [1.82, 2.24) is 23.6 Å². The van der Waals surface area contributed by atoms with Gasteiger partial charge in [0, 0.05) is 43.7 Å². The lowest BCUT2D eigenvalue weighted by Crippen LogP contribution is -2.37. The number of fused-ring (bicyclic) bond motifs is 3. The molecule has 4 heterocycles. The maximum absolute atomic E-state index is 14.0. The minimum absolute atomic E-state index is 0.207. The molecule has 9 nitrogen and oxygen atoms in total. The third kappa shape index (κ3) is 4.91. The zero-order valence-corrected chi connectivity index (χ0v) is 22.9. The molecule has 0 radical (unpaired) electrons. The zero-order valence-electron chi connectivity index (χ0n) is 22.1. The van der Waals surface area contributed by atoms with Crippen LogP contribution in [0, 0.1) is 6.92 Å². The summed E-state index contributed by atoms with van der Waals surface area (Å²) >= 11 is 0. The van der Waals surface area contributed by atoms with Gasteiger partial charge in [0.2, 0.25) is 0 Å². The summed E-state index contributed by atoms with van der Waals surface area (Å²) in [5.74, 6) is 0.747. The van der Waals surface area contributed by atoms with Crippen molar-refractivity contribution in [1.29, 1.82) is 0 Å². The minimum Gasteiger partial charge on any atom is -0.494 e. The van der Waals surface area contributed by atoms with Gasteiger partial charge in [-0.25, -0.2) is 17.4 Å². The molecule has 0 saturated carbocycles. The Hall–Kier alpha value is -3.73. The van der Waals surface area contributed by atoms with Crippen molar-refractivity contribution in [3.63, 3.8) is 0 Å². The smallest absolute Gasteiger partial charge is 0.269 e. The molecular weight excluding hydrogens is 514 g/mol. The maximum Gasteiger partial charge on any atom is 0.269 e. The molecule has 1 aliphatic heterocycles. The first-order chi connectivity index (χ1) is 18.9. The van der Waals surface area contributed by atoms with Crippen molar-refractivity contribution < 1.29 is 17.9 Å². The van der Waals surface area contributed by atoms with E-state index in [9.17, 15) is 8.42 Å². The fourth-order valence-corrected chi connectivity index (χ4v) is 6.55. The Kier molecular flexibility index (Phi) is 6.84. The molecule has 0 amide bonds. The summed E-state index contributed by atoms with van der Waals surface area (Å²) in [5, 5.41) is 5.93. The van der Waals surface area contributed by atoms with Crippen LogP contribution in [-0.2, 0) is 21.8 Å². The van der Waals surface area contributed by atoms with Crippen molar-refractivity contribution in [3.8, 4) is 17.0 Å². The van der Waals surface area contributed by atoms with Crippen molar-refractivity contribution in [2.45, 2.75) is 18.2 Å². The van der Waals surface area contributed by atoms with E-state index in [1.54, 1.807) is 41.3 Å². The minimum atomic E-state index is -3.94. The first kappa shape index (κ1) is 25.5. The maximum atomic E-state index is 14.0. The Morgan fingerprint density at radius 3 is 2.49 bits per heavy atom. The molecule has 10 heteroatoms. The average Bonchev–Trinajstić information content (AvgIpc) is 3.53. The first-order valence-electron chi connectivity index (χ1n) is 13.1. The van der Waals surface area contributed by atoms with E-state index < -0.39 is 10.0 Å². The highest BCUT2D eigenvalue weighted by Crippen LogP contribution is 2.35. The van der Waals surface area contributed by atoms with Crippen LogP contribution in [0.5, 0.6) is 5.75 Å². The number of hydrogen-bond acceptors (Lipinski definition) is 7. The molecule has 3 aromatic heterocycles. The molecule has 0 N–H and O–H groups in total. The number of nitrogens with zero attached hydrogens (tertiary/aromatic N) is 5. The summed E-state index contributed by atoms with van der Waals surface area (Å²) in [4.78, 5) is 7.17. The highest BCUT2D eigenvalue weighted by atomic mass is 32.2. The number of pyridine rings is 1. The van der Waals surface area contributed by atoms with Crippen molar-refractivity contribution in [2.24, 2.45) is 7.05 Å². The van der Waals surface area contributed by atoms with E-state index in [2.05, 4.69) is 15.0 Å². The van der Waals surface area contributed by atoms with Gasteiger partial charge in [0.15, 0.2) is 5.65 Å². The highest BCUT2D eigenvalue weighted by Gasteiger charge is 2.26. The number of benzene rings is 2. The van der Waals surface area contributed by atoms with Crippen molar-refractivity contribution in [3.05, 3.63) is 72.6 Å². The Morgan fingerprint density at radius 1 is 1.00 bits per heavy atom. The largest absolute Gasteiger partial charge is 0.494 e. The summed E-state index contributed by atoms with van der Waals surface area (Å²) in [5.41, 5.74) is 3.47. The van der Waals surface area contributed by atoms with Crippen LogP contribution < -0.4 is 4.74 Å². The molecule has 1 aliphatic rings. The van der Waals surface area contributed by atoms with E-state index in [0.717, 1.165) is 72.4 Å². The Morgan fingerprint density at radius 2 is 1.74 bits per heavy atom. The lowest BCUT2D eigenvalue weighted by molar-refractivity contribution is 0.0358. The van der Waals surface area contributed by atoms with Gasteiger partial charge in [-0.05, 0) is 61.4 Å². The highest BCUT2D eigenvalue weighted by molar-refractivity contribution is 7.90. The quantitative estimate of drug-likeness (QED) is 0.270. The van der Waals surface area contributed by atoms with Gasteiger partial charge < -0.3 is 9.47 Å². The van der Waals surface area contributed by atoms with E-state index in [1.165, 1.54) is 3.97 Å². The van der Waals surface area contributed by atoms with Crippen LogP contribution in [0.4, 0.5) is 0 Å². The van der Waals surface area contributed by atoms with E-state index in [1.807, 2.05) is 44.3 Å². The normalized spacial score (nSPS) is 14.8. The molecule has 2 aromatic carbocycles. The Balaban J connectivity index is 1.34. The second-order valence-electron chi connectivity index (χ2n) is 9.86. The summed E-state index contributed by atoms with van der Waals surface area (Å²) in [6.07, 6.45) is 4.33. The second kappa shape index (κ2) is 10.4. The second-order valence-corrected chi connectivity index (χ2v) is 11.6. The van der Waals surface area contributed by atoms with Gasteiger partial charge in [-0.2, -0.15) is 5.10 Å². The molecule has 0 aliphatic carbocycles. The van der Waals surface area contributed by atoms with Crippen LogP contribution in [-0.4, -0.2) is 71.5 Å². The lowest BCUT2D eigenvalue weighted by Gasteiger charge is -2.26. The fraction of sp³-hybridized carbons (Fsp3) is 0.310. The standard InChI is InChI=1S/C29H31N5O4S/c1-21-4-10-25(11-5-21)39(35,36)34-27(18-26-28-23(19-30-29(26)34)20-31-32(28)2)22-6-8-24(9-7-22)38-15-3-12-33-13-16-37-17-14-33/h4-11,18-20H,3,12-17H2,1-2H3. The predicted octanol–water partition coefficient (Wildman–Crippen LogP) is 4.24. The molecule has 6 rings (SSSR count). The number of rotatable bonds is 8. The van der Waals surface area contributed by atoms with Crippen LogP contribution >= 0.6 is 0 Å². The summed E-state index contributed by atoms with van der Waals surface area (Å²) in [6.45, 7) is 7.04. The molecule has 0 unspecified atom stereocenters. The third-order valence-electron chi connectivity index (χ3n) is 7.18. The van der Waals surface area contributed by atoms with Gasteiger partial charge in [-0.3, -0.25) is 9.58 Å². The zero-order chi connectivity index (χ0) is 27.0. The van der Waals surface area contributed by atoms with Crippen LogP contribution in [0.1, 0.15) is 12.0 Å². The molecule has 0 atom stereocenters. The van der Waals surface area contributed by atoms with Gasteiger partial charge in [-0.1, -0.05) is 17.7 Å². The molecule has 1 saturated heterocycles. The van der Waals surface area contributed by atoms with Crippen LogP contribution in [0.2, 0.25) is 0 Å². The molecule has 202 valence electrons. The molecule has 5 aromatic rings. The van der Waals surface area contributed by atoms with Crippen molar-refractivity contribution in [2.75, 3.05) is 39.5 Å². The number of ether oxygens (including phenoxy) is 2. The number of aromatic nitrogens is 4. The predicted molar refractivity (Wildman–Crippen MR) is 151 cm³/mol. The van der Waals surface area contributed by atoms with Crippen LogP contribution in [0.3, 0.4) is 0 Å². The first-order valence-corrected chi connectivity index (χ1v) is 14.5. The average molecular weight is 546 g/mol. The SMILES string of the molecule is Cc1ccc(S(=O)(=O)n2c(-c3ccc(OCCCN4CCOCC4)cc3)cc3c4c(cnc32)cnn4C)cc1. The van der Waals surface area contributed by atoms with E-state index in [4.69, 9.17) is 9.47 Å². The van der Waals surface area contributed by atoms with Gasteiger partial charge in [0.05, 0.1) is 42.1 Å². The third-order valence-corrected chi connectivity index (χ3v) is 8.90. The van der Waals surface area contributed by atoms with Gasteiger partial charge >= 0.3 is 0 Å². The molecular formula is C29H31N5O4S. The van der Waals surface area contributed by atoms with Crippen LogP contribution in [0.25, 0.3) is 33.2 Å². The van der Waals surface area contributed by atoms with Crippen LogP contribution in [0.15, 0.2) is 71.9 Å². The number of morpholine rings is 1. The molecule has 0 bridgehead atoms. The number of hydrogen-bond donors (Lipinski definition) is 0. The summed E-state index contributed by atoms with van der Waals surface area (Å²) in [7, 11) is -2.10. The van der Waals surface area contributed by atoms with E-state index >= 15 is 0 Å². The van der Waals surface area contributed by atoms with Gasteiger partial charge in [0.25, 0.3) is 10.0 Å². The lowest BCUT2D eigenvalue weighted by atomic mass is 10.1. The summed E-state index contributed by atoms with van der Waals surface area (Å²) in [6, 6.07) is 16.3. The monoisotopic (exact) mass is 545 g/mol. The number of aryl methyl sites for hydroxylation is 2. The van der Waals surface area contributed by atoms with E-state index in [0.29, 0.717) is 17.9 Å². The topological polar surface area (TPSA) is 91.5 Å². The van der Waals surface area contributed by atoms with Crippen molar-refractivity contribution >= 4 is 32.0 Å². The van der Waals surface area contributed by atoms with E-state index in [-0.39, 0.29) is 4.90 Å². The molecule has 0 spiro atoms. The van der Waals surface area contributed by atoms with Gasteiger partial charge in [-0.15, -0.1) is 0 Å². The summed E-state index contributed by atoms with van der Waals surface area (Å²) < 4.78 is 42.5. The fourth-order valence-electron chi connectivity index (χ4n) is 5.07. The van der Waals surface area contributed by atoms with Gasteiger partial charge in [0.1, 0.15) is 5.75 Å². The molecule has 1 fully saturated rings. The molecule has 39 heavy (non-hydrogen) atoms.